The van der Waals surface area contributed by atoms with Crippen LogP contribution in [0, 0.1) is 10.1 Å². The number of nitro groups is 1. The van der Waals surface area contributed by atoms with Gasteiger partial charge in [-0.25, -0.2) is 0 Å². The molecule has 0 unspecified atom stereocenters. The second-order valence-electron chi connectivity index (χ2n) is 9.39. The van der Waals surface area contributed by atoms with Gasteiger partial charge >= 0.3 is 0 Å². The third kappa shape index (κ3) is 4.66. The minimum atomic E-state index is -1.90. The molecule has 9 heteroatoms. The van der Waals surface area contributed by atoms with Crippen molar-refractivity contribution in [3.05, 3.63) is 49.9 Å². The van der Waals surface area contributed by atoms with Gasteiger partial charge in [0.1, 0.15) is 0 Å². The molecular formula is C24H34N2O5SSi. The van der Waals surface area contributed by atoms with E-state index >= 15 is 0 Å². The highest BCUT2D eigenvalue weighted by Gasteiger charge is 2.44. The standard InChI is InChI=1S/C24H34N2O5SSi/c1-8-25(9-2)23(27)17-14-32-24(33(5,6)7)22(17)21-16-13-20(31-4)19(30-3)12-15(16)10-11-18(21)26(28)29/h12-14,18,21H,8-11H2,1-7H3/t18-,21-/m1/s1. The van der Waals surface area contributed by atoms with Gasteiger partial charge in [-0.2, -0.15) is 11.3 Å². The Balaban J connectivity index is 2.34. The molecule has 1 heterocycles. The lowest BCUT2D eigenvalue weighted by atomic mass is 9.75. The summed E-state index contributed by atoms with van der Waals surface area (Å²) in [6, 6.07) is 3.01. The highest BCUT2D eigenvalue weighted by Crippen LogP contribution is 2.45. The molecular weight excluding hydrogens is 456 g/mol. The first-order chi connectivity index (χ1) is 15.6. The van der Waals surface area contributed by atoms with E-state index in [9.17, 15) is 14.9 Å². The van der Waals surface area contributed by atoms with Crippen molar-refractivity contribution in [1.29, 1.82) is 0 Å². The van der Waals surface area contributed by atoms with Gasteiger partial charge in [-0.1, -0.05) is 19.6 Å². The number of amides is 1. The Hall–Kier alpha value is -2.39. The number of thiophene rings is 1. The quantitative estimate of drug-likeness (QED) is 0.309. The lowest BCUT2D eigenvalue weighted by Gasteiger charge is -2.32. The van der Waals surface area contributed by atoms with E-state index in [0.717, 1.165) is 21.2 Å². The van der Waals surface area contributed by atoms with Gasteiger partial charge in [0.15, 0.2) is 11.5 Å². The summed E-state index contributed by atoms with van der Waals surface area (Å²) >= 11 is 1.59. The van der Waals surface area contributed by atoms with Gasteiger partial charge in [0, 0.05) is 29.8 Å². The maximum absolute atomic E-state index is 13.6. The van der Waals surface area contributed by atoms with Gasteiger partial charge in [-0.15, -0.1) is 0 Å². The highest BCUT2D eigenvalue weighted by molar-refractivity contribution is 7.25. The van der Waals surface area contributed by atoms with Crippen LogP contribution in [0.1, 0.15) is 53.2 Å². The van der Waals surface area contributed by atoms with Gasteiger partial charge in [0.25, 0.3) is 5.91 Å². The van der Waals surface area contributed by atoms with Crippen LogP contribution >= 0.6 is 11.3 Å². The molecule has 1 aliphatic carbocycles. The van der Waals surface area contributed by atoms with Crippen LogP contribution in [-0.2, 0) is 6.42 Å². The first-order valence-electron chi connectivity index (χ1n) is 11.4. The zero-order valence-electron chi connectivity index (χ0n) is 20.6. The molecule has 33 heavy (non-hydrogen) atoms. The van der Waals surface area contributed by atoms with E-state index in [1.165, 1.54) is 0 Å². The molecule has 1 aliphatic rings. The SMILES string of the molecule is CCN(CC)C(=O)c1csc([Si](C)(C)C)c1[C@@H]1c2cc(OC)c(OC)cc2CC[C@H]1[N+](=O)[O-]. The smallest absolute Gasteiger partial charge is 0.254 e. The molecule has 1 aromatic carbocycles. The van der Waals surface area contributed by atoms with Crippen LogP contribution in [-0.4, -0.2) is 57.2 Å². The molecule has 0 spiro atoms. The number of nitrogens with zero attached hydrogens (tertiary/aromatic N) is 2. The zero-order chi connectivity index (χ0) is 24.5. The number of rotatable bonds is 8. The van der Waals surface area contributed by atoms with Gasteiger partial charge in [-0.3, -0.25) is 14.9 Å². The summed E-state index contributed by atoms with van der Waals surface area (Å²) < 4.78 is 12.2. The van der Waals surface area contributed by atoms with E-state index in [2.05, 4.69) is 19.6 Å². The number of benzene rings is 1. The minimum Gasteiger partial charge on any atom is -0.493 e. The Morgan fingerprint density at radius 3 is 2.30 bits per heavy atom. The van der Waals surface area contributed by atoms with Crippen LogP contribution in [0.2, 0.25) is 19.6 Å². The van der Waals surface area contributed by atoms with Crippen LogP contribution in [0.3, 0.4) is 0 Å². The number of hydrogen-bond donors (Lipinski definition) is 0. The summed E-state index contributed by atoms with van der Waals surface area (Å²) in [4.78, 5) is 27.5. The van der Waals surface area contributed by atoms with E-state index in [-0.39, 0.29) is 10.8 Å². The second kappa shape index (κ2) is 9.85. The van der Waals surface area contributed by atoms with Crippen molar-refractivity contribution < 1.29 is 19.2 Å². The molecule has 1 amide bonds. The topological polar surface area (TPSA) is 81.9 Å². The Morgan fingerprint density at radius 2 is 1.79 bits per heavy atom. The van der Waals surface area contributed by atoms with Crippen LogP contribution in [0.25, 0.3) is 0 Å². The molecule has 2 atom stereocenters. The fourth-order valence-corrected chi connectivity index (χ4v) is 8.32. The molecule has 1 aromatic heterocycles. The Bertz CT molecular complexity index is 1040. The maximum atomic E-state index is 13.6. The summed E-state index contributed by atoms with van der Waals surface area (Å²) in [6.45, 7) is 11.8. The lowest BCUT2D eigenvalue weighted by molar-refractivity contribution is -0.526. The first-order valence-corrected chi connectivity index (χ1v) is 15.8. The zero-order valence-corrected chi connectivity index (χ0v) is 22.4. The summed E-state index contributed by atoms with van der Waals surface area (Å²) in [7, 11) is 1.26. The van der Waals surface area contributed by atoms with Gasteiger partial charge in [0.2, 0.25) is 6.04 Å². The average molecular weight is 491 g/mol. The molecule has 0 saturated heterocycles. The van der Waals surface area contributed by atoms with Crippen LogP contribution < -0.4 is 14.0 Å². The number of ether oxygens (including phenoxy) is 2. The third-order valence-corrected chi connectivity index (χ3v) is 11.1. The fourth-order valence-electron chi connectivity index (χ4n) is 4.80. The molecule has 0 radical (unpaired) electrons. The molecule has 7 nitrogen and oxygen atoms in total. The van der Waals surface area contributed by atoms with Crippen molar-refractivity contribution in [2.75, 3.05) is 27.3 Å². The van der Waals surface area contributed by atoms with Crippen molar-refractivity contribution in [2.24, 2.45) is 0 Å². The molecule has 180 valence electrons. The molecule has 0 fully saturated rings. The summed E-state index contributed by atoms with van der Waals surface area (Å²) in [5, 5.41) is 14.2. The third-order valence-electron chi connectivity index (χ3n) is 6.45. The van der Waals surface area contributed by atoms with E-state index < -0.39 is 20.0 Å². The Kier molecular flexibility index (Phi) is 7.53. The maximum Gasteiger partial charge on any atom is 0.254 e. The lowest BCUT2D eigenvalue weighted by Crippen LogP contribution is -2.43. The number of aryl methyl sites for hydroxylation is 1. The predicted octanol–water partition coefficient (Wildman–Crippen LogP) is 4.52. The predicted molar refractivity (Wildman–Crippen MR) is 135 cm³/mol. The number of hydrogen-bond acceptors (Lipinski definition) is 6. The summed E-state index contributed by atoms with van der Waals surface area (Å²) in [5.74, 6) is 0.605. The molecule has 0 bridgehead atoms. The van der Waals surface area contributed by atoms with Crippen LogP contribution in [0.15, 0.2) is 17.5 Å². The largest absolute Gasteiger partial charge is 0.493 e. The van der Waals surface area contributed by atoms with Gasteiger partial charge in [-0.05, 0) is 53.6 Å². The normalized spacial score (nSPS) is 17.9. The molecule has 0 N–H and O–H groups in total. The van der Waals surface area contributed by atoms with Crippen molar-refractivity contribution in [1.82, 2.24) is 4.90 Å². The van der Waals surface area contributed by atoms with E-state index in [1.807, 2.05) is 31.4 Å². The van der Waals surface area contributed by atoms with Crippen molar-refractivity contribution in [3.63, 3.8) is 0 Å². The number of carbonyl (C=O) groups excluding carboxylic acids is 1. The summed E-state index contributed by atoms with van der Waals surface area (Å²) in [6.07, 6.45) is 1.00. The summed E-state index contributed by atoms with van der Waals surface area (Å²) in [5.41, 5.74) is 3.35. The van der Waals surface area contributed by atoms with Crippen LogP contribution in [0.5, 0.6) is 11.5 Å². The van der Waals surface area contributed by atoms with Gasteiger partial charge in [0.05, 0.1) is 33.8 Å². The first kappa shape index (κ1) is 25.2. The molecule has 0 aliphatic heterocycles. The van der Waals surface area contributed by atoms with Crippen molar-refractivity contribution in [2.45, 2.75) is 58.3 Å². The minimum absolute atomic E-state index is 0.0505. The number of fused-ring (bicyclic) bond motifs is 1. The van der Waals surface area contributed by atoms with Crippen LogP contribution in [0.4, 0.5) is 0 Å². The number of methoxy groups -OCH3 is 2. The number of carbonyl (C=O) groups is 1. The highest BCUT2D eigenvalue weighted by atomic mass is 32.1. The van der Waals surface area contributed by atoms with E-state index in [1.54, 1.807) is 30.5 Å². The Labute approximate surface area is 200 Å². The second-order valence-corrected chi connectivity index (χ2v) is 15.6. The van der Waals surface area contributed by atoms with Crippen molar-refractivity contribution >= 4 is 29.8 Å². The fraction of sp³-hybridized carbons (Fsp3) is 0.542. The average Bonchev–Trinajstić information content (AvgIpc) is 3.23. The van der Waals surface area contributed by atoms with E-state index in [0.29, 0.717) is 43.0 Å². The van der Waals surface area contributed by atoms with E-state index in [4.69, 9.17) is 9.47 Å². The van der Waals surface area contributed by atoms with Gasteiger partial charge < -0.3 is 14.4 Å². The Morgan fingerprint density at radius 1 is 1.18 bits per heavy atom. The monoisotopic (exact) mass is 490 g/mol. The van der Waals surface area contributed by atoms with Crippen molar-refractivity contribution in [3.8, 4) is 11.5 Å². The molecule has 0 saturated carbocycles. The molecule has 2 aromatic rings. The molecule has 3 rings (SSSR count).